The predicted molar refractivity (Wildman–Crippen MR) is 209 cm³/mol. The van der Waals surface area contributed by atoms with Crippen molar-refractivity contribution in [2.75, 3.05) is 25.0 Å². The van der Waals surface area contributed by atoms with Crippen molar-refractivity contribution in [3.8, 4) is 5.75 Å². The van der Waals surface area contributed by atoms with Crippen molar-refractivity contribution in [2.24, 2.45) is 16.7 Å². The van der Waals surface area contributed by atoms with Crippen LogP contribution in [-0.2, 0) is 22.7 Å². The Morgan fingerprint density at radius 3 is 2.11 bits per heavy atom. The molecule has 2 saturated heterocycles. The summed E-state index contributed by atoms with van der Waals surface area (Å²) in [5, 5.41) is 6.31. The number of imide groups is 2. The summed E-state index contributed by atoms with van der Waals surface area (Å²) < 4.78 is 6.43. The maximum absolute atomic E-state index is 13.6. The Morgan fingerprint density at radius 1 is 0.911 bits per heavy atom. The second kappa shape index (κ2) is 14.0. The lowest BCUT2D eigenvalue weighted by atomic mass is 9.49. The molecule has 13 heteroatoms. The zero-order valence-corrected chi connectivity index (χ0v) is 32.7. The van der Waals surface area contributed by atoms with Gasteiger partial charge in [0.25, 0.3) is 17.7 Å². The molecule has 4 aliphatic heterocycles. The highest BCUT2D eigenvalue weighted by Crippen LogP contribution is 2.56. The highest BCUT2D eigenvalue weighted by atomic mass is 35.5. The van der Waals surface area contributed by atoms with Gasteiger partial charge in [0.2, 0.25) is 17.5 Å². The molecule has 1 saturated carbocycles. The Hall–Kier alpha value is -5.25. The molecule has 8 rings (SSSR count). The maximum atomic E-state index is 13.6. The van der Waals surface area contributed by atoms with E-state index in [1.54, 1.807) is 30.3 Å². The van der Waals surface area contributed by atoms with E-state index in [1.165, 1.54) is 0 Å². The molecule has 56 heavy (non-hydrogen) atoms. The van der Waals surface area contributed by atoms with Gasteiger partial charge in [0.05, 0.1) is 22.7 Å². The fourth-order valence-corrected chi connectivity index (χ4v) is 10.1. The van der Waals surface area contributed by atoms with Gasteiger partial charge in [0.1, 0.15) is 17.9 Å². The van der Waals surface area contributed by atoms with Crippen LogP contribution in [0.5, 0.6) is 5.75 Å². The number of piperidine rings is 2. The smallest absolute Gasteiger partial charge is 0.262 e. The zero-order valence-electron chi connectivity index (χ0n) is 32.0. The number of hydrogen-bond acceptors (Lipinski definition) is 8. The van der Waals surface area contributed by atoms with E-state index >= 15 is 0 Å². The minimum atomic E-state index is -0.974. The van der Waals surface area contributed by atoms with Crippen LogP contribution in [0.3, 0.4) is 0 Å². The van der Waals surface area contributed by atoms with Gasteiger partial charge in [-0.3, -0.25) is 39.1 Å². The molecular formula is C43H45ClN6O6. The van der Waals surface area contributed by atoms with Crippen LogP contribution in [0.4, 0.5) is 11.4 Å². The molecule has 2 N–H and O–H groups in total. The van der Waals surface area contributed by atoms with Crippen molar-refractivity contribution in [3.05, 3.63) is 98.9 Å². The van der Waals surface area contributed by atoms with Crippen molar-refractivity contribution >= 4 is 52.5 Å². The van der Waals surface area contributed by atoms with Gasteiger partial charge in [0, 0.05) is 67.3 Å². The highest BCUT2D eigenvalue weighted by Gasteiger charge is 2.63. The number of carbonyl (C=O) groups excluding carboxylic acids is 5. The number of rotatable bonds is 8. The van der Waals surface area contributed by atoms with Crippen molar-refractivity contribution in [1.29, 1.82) is 0 Å². The lowest BCUT2D eigenvalue weighted by Gasteiger charge is -2.63. The summed E-state index contributed by atoms with van der Waals surface area (Å²) in [5.74, 6) is -0.891. The number of halogens is 1. The largest absolute Gasteiger partial charge is 0.489 e. The number of hydrogen-bond donors (Lipinski definition) is 2. The standard InChI is InChI=1S/C43H45ClN6O6/c1-42(2)40(43(3,4)41(42)56-29-10-11-33(45-5)32(44)20-29)46-28-8-6-25(7-9-28)37(53)49-16-14-24(15-17-49)21-48-22-26-18-30-31(19-27(26)23-48)39(55)50(38(30)54)34-12-13-35(51)47-36(34)52/h6-11,18-20,24,34,40-41,46H,12-17,21-23H2,1-4H3,(H,47,51,52). The Labute approximate surface area is 331 Å². The molecule has 290 valence electrons. The molecule has 0 radical (unpaired) electrons. The van der Waals surface area contributed by atoms with Crippen LogP contribution >= 0.6 is 11.6 Å². The van der Waals surface area contributed by atoms with Crippen LogP contribution in [0.15, 0.2) is 54.6 Å². The lowest BCUT2D eigenvalue weighted by molar-refractivity contribution is -0.147. The van der Waals surface area contributed by atoms with Gasteiger partial charge in [-0.15, -0.1) is 0 Å². The molecule has 1 aliphatic carbocycles. The summed E-state index contributed by atoms with van der Waals surface area (Å²) in [6.07, 6.45) is 1.90. The molecule has 3 aromatic rings. The normalized spacial score (nSPS) is 24.2. The molecule has 12 nitrogen and oxygen atoms in total. The average Bonchev–Trinajstić information content (AvgIpc) is 3.67. The predicted octanol–water partition coefficient (Wildman–Crippen LogP) is 6.45. The number of amides is 5. The molecule has 1 atom stereocenters. The number of nitrogens with zero attached hydrogens (tertiary/aromatic N) is 4. The van der Waals surface area contributed by atoms with Crippen LogP contribution in [-0.4, -0.2) is 82.1 Å². The van der Waals surface area contributed by atoms with Gasteiger partial charge >= 0.3 is 0 Å². The summed E-state index contributed by atoms with van der Waals surface area (Å²) >= 11 is 6.27. The quantitative estimate of drug-likeness (QED) is 0.197. The molecule has 3 aromatic carbocycles. The number of benzene rings is 3. The minimum Gasteiger partial charge on any atom is -0.489 e. The number of carbonyl (C=O) groups is 5. The molecule has 0 bridgehead atoms. The molecule has 0 spiro atoms. The van der Waals surface area contributed by atoms with Crippen LogP contribution in [0.2, 0.25) is 5.02 Å². The van der Waals surface area contributed by atoms with Gasteiger partial charge in [0.15, 0.2) is 0 Å². The van der Waals surface area contributed by atoms with Crippen LogP contribution in [0.1, 0.15) is 95.6 Å². The van der Waals surface area contributed by atoms with Crippen molar-refractivity contribution < 1.29 is 28.7 Å². The summed E-state index contributed by atoms with van der Waals surface area (Å²) in [6, 6.07) is 15.6. The molecule has 3 fully saturated rings. The van der Waals surface area contributed by atoms with E-state index < -0.39 is 29.7 Å². The van der Waals surface area contributed by atoms with Crippen LogP contribution in [0, 0.1) is 23.3 Å². The van der Waals surface area contributed by atoms with E-state index in [0.717, 1.165) is 41.1 Å². The Morgan fingerprint density at radius 2 is 1.54 bits per heavy atom. The van der Waals surface area contributed by atoms with E-state index in [1.807, 2.05) is 29.2 Å². The highest BCUT2D eigenvalue weighted by molar-refractivity contribution is 6.33. The van der Waals surface area contributed by atoms with Crippen molar-refractivity contribution in [1.82, 2.24) is 20.0 Å². The first kappa shape index (κ1) is 37.7. The van der Waals surface area contributed by atoms with Crippen molar-refractivity contribution in [2.45, 2.75) is 84.7 Å². The van der Waals surface area contributed by atoms with Crippen molar-refractivity contribution in [3.63, 3.8) is 0 Å². The van der Waals surface area contributed by atoms with Gasteiger partial charge in [-0.05, 0) is 84.8 Å². The summed E-state index contributed by atoms with van der Waals surface area (Å²) in [7, 11) is 0. The molecular weight excluding hydrogens is 732 g/mol. The molecule has 5 aliphatic rings. The molecule has 4 heterocycles. The molecule has 0 aromatic heterocycles. The Kier molecular flexibility index (Phi) is 9.45. The third-order valence-electron chi connectivity index (χ3n) is 12.5. The summed E-state index contributed by atoms with van der Waals surface area (Å²) in [5.41, 5.74) is 4.21. The van der Waals surface area contributed by atoms with E-state index in [-0.39, 0.29) is 41.7 Å². The van der Waals surface area contributed by atoms with Crippen LogP contribution in [0.25, 0.3) is 4.85 Å². The Balaban J connectivity index is 0.821. The molecule has 5 amide bonds. The monoisotopic (exact) mass is 776 g/mol. The maximum Gasteiger partial charge on any atom is 0.262 e. The fourth-order valence-electron chi connectivity index (χ4n) is 9.90. The van der Waals surface area contributed by atoms with E-state index in [4.69, 9.17) is 22.9 Å². The fraction of sp³-hybridized carbons (Fsp3) is 0.442. The third-order valence-corrected chi connectivity index (χ3v) is 12.8. The second-order valence-corrected chi connectivity index (χ2v) is 17.4. The topological polar surface area (TPSA) is 133 Å². The minimum absolute atomic E-state index is 0.0273. The van der Waals surface area contributed by atoms with E-state index in [2.05, 4.69) is 48.1 Å². The van der Waals surface area contributed by atoms with Crippen LogP contribution < -0.4 is 15.4 Å². The van der Waals surface area contributed by atoms with Gasteiger partial charge in [-0.25, -0.2) is 4.85 Å². The zero-order chi connectivity index (χ0) is 39.7. The average molecular weight is 777 g/mol. The number of nitrogens with one attached hydrogen (secondary N) is 2. The number of anilines is 1. The number of ether oxygens (including phenoxy) is 1. The summed E-state index contributed by atoms with van der Waals surface area (Å²) in [4.78, 5) is 72.9. The number of fused-ring (bicyclic) bond motifs is 2. The first-order chi connectivity index (χ1) is 26.6. The SMILES string of the molecule is [C-]#[N+]c1ccc(OC2C(C)(C)C(Nc3ccc(C(=O)N4CCC(CN5Cc6cc7c(cc6C5)C(=O)N(C5CCC(=O)NC5=O)C7=O)CC4)cc3)C2(C)C)cc1Cl. The second-order valence-electron chi connectivity index (χ2n) is 17.0. The third kappa shape index (κ3) is 6.50. The van der Waals surface area contributed by atoms with Gasteiger partial charge < -0.3 is 15.0 Å². The number of likely N-dealkylation sites (tertiary alicyclic amines) is 1. The van der Waals surface area contributed by atoms with E-state index in [0.29, 0.717) is 65.2 Å². The van der Waals surface area contributed by atoms with Gasteiger partial charge in [-0.1, -0.05) is 45.4 Å². The van der Waals surface area contributed by atoms with E-state index in [9.17, 15) is 24.0 Å². The first-order valence-corrected chi connectivity index (χ1v) is 19.6. The Bertz CT molecular complexity index is 2140. The first-order valence-electron chi connectivity index (χ1n) is 19.2. The summed E-state index contributed by atoms with van der Waals surface area (Å²) in [6.45, 7) is 19.5. The van der Waals surface area contributed by atoms with Gasteiger partial charge in [-0.2, -0.15) is 0 Å². The lowest BCUT2D eigenvalue weighted by Crippen LogP contribution is -2.72. The molecule has 1 unspecified atom stereocenters.